The van der Waals surface area contributed by atoms with Crippen molar-refractivity contribution in [2.24, 2.45) is 0 Å². The second-order valence-corrected chi connectivity index (χ2v) is 6.21. The van der Waals surface area contributed by atoms with Gasteiger partial charge in [0.2, 0.25) is 5.78 Å². The molecule has 1 heterocycles. The summed E-state index contributed by atoms with van der Waals surface area (Å²) in [7, 11) is 0. The lowest BCUT2D eigenvalue weighted by Gasteiger charge is -2.03. The van der Waals surface area contributed by atoms with Crippen molar-refractivity contribution >= 4 is 44.7 Å². The lowest BCUT2D eigenvalue weighted by Crippen LogP contribution is -2.06. The zero-order chi connectivity index (χ0) is 13.4. The molecule has 0 saturated carbocycles. The first-order valence-corrected chi connectivity index (χ1v) is 6.84. The number of carbonyl (C=O) groups excluding carboxylic acids is 1. The molecule has 6 heteroatoms. The van der Waals surface area contributed by atoms with Crippen LogP contribution in [0, 0.1) is 18.6 Å². The number of carbonyl (C=O) groups is 1. The highest BCUT2D eigenvalue weighted by atomic mass is 79.9. The van der Waals surface area contributed by atoms with Gasteiger partial charge in [0, 0.05) is 4.47 Å². The van der Waals surface area contributed by atoms with E-state index in [2.05, 4.69) is 15.9 Å². The molecule has 2 rings (SSSR count). The molecule has 1 aromatic carbocycles. The Kier molecular flexibility index (Phi) is 3.84. The lowest BCUT2D eigenvalue weighted by atomic mass is 10.1. The van der Waals surface area contributed by atoms with Crippen LogP contribution in [0.2, 0.25) is 4.34 Å². The fraction of sp³-hybridized carbons (Fsp3) is 0.0833. The zero-order valence-corrected chi connectivity index (χ0v) is 12.2. The smallest absolute Gasteiger partial charge is 0.208 e. The fourth-order valence-electron chi connectivity index (χ4n) is 1.45. The highest BCUT2D eigenvalue weighted by Crippen LogP contribution is 2.30. The van der Waals surface area contributed by atoms with Crippen molar-refractivity contribution in [1.82, 2.24) is 0 Å². The van der Waals surface area contributed by atoms with Crippen LogP contribution in [-0.4, -0.2) is 5.78 Å². The minimum atomic E-state index is -0.894. The minimum absolute atomic E-state index is 0.220. The maximum Gasteiger partial charge on any atom is 0.208 e. The Morgan fingerprint density at radius 1 is 1.28 bits per heavy atom. The number of rotatable bonds is 2. The first kappa shape index (κ1) is 13.6. The van der Waals surface area contributed by atoms with Crippen LogP contribution in [0.5, 0.6) is 0 Å². The van der Waals surface area contributed by atoms with Crippen molar-refractivity contribution in [3.05, 3.63) is 54.6 Å². The molecule has 0 aliphatic heterocycles. The van der Waals surface area contributed by atoms with Crippen LogP contribution in [0.1, 0.15) is 20.8 Å². The molecule has 94 valence electrons. The van der Waals surface area contributed by atoms with Gasteiger partial charge in [-0.15, -0.1) is 11.3 Å². The molecule has 0 aliphatic rings. The molecule has 1 nitrogen and oxygen atoms in total. The Morgan fingerprint density at radius 2 is 1.83 bits per heavy atom. The van der Waals surface area contributed by atoms with Gasteiger partial charge in [0.25, 0.3) is 0 Å². The maximum atomic E-state index is 13.6. The summed E-state index contributed by atoms with van der Waals surface area (Å²) in [5.74, 6) is -2.49. The predicted molar refractivity (Wildman–Crippen MR) is 71.6 cm³/mol. The van der Waals surface area contributed by atoms with Crippen LogP contribution in [-0.2, 0) is 0 Å². The summed E-state index contributed by atoms with van der Waals surface area (Å²) in [6.07, 6.45) is 0. The summed E-state index contributed by atoms with van der Waals surface area (Å²) in [5, 5.41) is 0. The Labute approximate surface area is 120 Å². The average molecular weight is 352 g/mol. The molecule has 0 bridgehead atoms. The van der Waals surface area contributed by atoms with Crippen LogP contribution in [0.4, 0.5) is 8.78 Å². The van der Waals surface area contributed by atoms with Crippen molar-refractivity contribution in [2.45, 2.75) is 6.92 Å². The quantitative estimate of drug-likeness (QED) is 0.697. The van der Waals surface area contributed by atoms with Gasteiger partial charge < -0.3 is 0 Å². The van der Waals surface area contributed by atoms with Gasteiger partial charge in [-0.2, -0.15) is 0 Å². The summed E-state index contributed by atoms with van der Waals surface area (Å²) in [4.78, 5) is 12.2. The van der Waals surface area contributed by atoms with Crippen molar-refractivity contribution in [1.29, 1.82) is 0 Å². The van der Waals surface area contributed by atoms with Crippen molar-refractivity contribution < 1.29 is 13.6 Å². The number of hydrogen-bond donors (Lipinski definition) is 0. The van der Waals surface area contributed by atoms with Gasteiger partial charge in [-0.1, -0.05) is 27.5 Å². The number of halogens is 4. The van der Waals surface area contributed by atoms with Crippen LogP contribution in [0.25, 0.3) is 0 Å². The second kappa shape index (κ2) is 5.07. The zero-order valence-electron chi connectivity index (χ0n) is 9.06. The van der Waals surface area contributed by atoms with E-state index in [0.717, 1.165) is 23.5 Å². The average Bonchev–Trinajstić information content (AvgIpc) is 2.57. The molecule has 0 atom stereocenters. The fourth-order valence-corrected chi connectivity index (χ4v) is 3.00. The van der Waals surface area contributed by atoms with Crippen molar-refractivity contribution in [3.63, 3.8) is 0 Å². The van der Waals surface area contributed by atoms with Gasteiger partial charge in [0.05, 0.1) is 14.8 Å². The molecule has 0 saturated heterocycles. The minimum Gasteiger partial charge on any atom is -0.287 e. The van der Waals surface area contributed by atoms with E-state index < -0.39 is 23.0 Å². The van der Waals surface area contributed by atoms with E-state index in [-0.39, 0.29) is 9.35 Å². The molecule has 18 heavy (non-hydrogen) atoms. The Bertz CT molecular complexity index is 596. The largest absolute Gasteiger partial charge is 0.287 e. The van der Waals surface area contributed by atoms with Gasteiger partial charge in [0.1, 0.15) is 11.6 Å². The number of aryl methyl sites for hydroxylation is 1. The van der Waals surface area contributed by atoms with Gasteiger partial charge in [0.15, 0.2) is 0 Å². The standard InChI is InChI=1S/C12H6BrClF2OS/c1-5-2-9(18-12(5)14)11(17)10-7(15)3-6(13)4-8(10)16/h2-4H,1H3. The number of thiophene rings is 1. The monoisotopic (exact) mass is 350 g/mol. The molecule has 1 aromatic heterocycles. The van der Waals surface area contributed by atoms with Gasteiger partial charge in [-0.25, -0.2) is 8.78 Å². The molecule has 0 spiro atoms. The van der Waals surface area contributed by atoms with Crippen LogP contribution >= 0.6 is 38.9 Å². The topological polar surface area (TPSA) is 17.1 Å². The molecule has 0 aliphatic carbocycles. The number of hydrogen-bond acceptors (Lipinski definition) is 2. The molecular weight excluding hydrogens is 346 g/mol. The summed E-state index contributed by atoms with van der Waals surface area (Å²) in [5.41, 5.74) is 0.152. The number of benzene rings is 1. The van der Waals surface area contributed by atoms with Crippen LogP contribution in [0.15, 0.2) is 22.7 Å². The van der Waals surface area contributed by atoms with E-state index in [0.29, 0.717) is 9.90 Å². The summed E-state index contributed by atoms with van der Waals surface area (Å²) in [6.45, 7) is 1.73. The third-order valence-electron chi connectivity index (χ3n) is 2.31. The molecule has 0 unspecified atom stereocenters. The SMILES string of the molecule is Cc1cc(C(=O)c2c(F)cc(Br)cc2F)sc1Cl. The van der Waals surface area contributed by atoms with Gasteiger partial charge in [-0.3, -0.25) is 4.79 Å². The number of ketones is 1. The molecule has 2 aromatic rings. The van der Waals surface area contributed by atoms with E-state index in [9.17, 15) is 13.6 Å². The molecule has 0 amide bonds. The van der Waals surface area contributed by atoms with E-state index in [4.69, 9.17) is 11.6 Å². The lowest BCUT2D eigenvalue weighted by molar-refractivity contribution is 0.103. The third kappa shape index (κ3) is 2.48. The van der Waals surface area contributed by atoms with Crippen molar-refractivity contribution in [2.75, 3.05) is 0 Å². The van der Waals surface area contributed by atoms with E-state index >= 15 is 0 Å². The van der Waals surface area contributed by atoms with E-state index in [1.54, 1.807) is 6.92 Å². The summed E-state index contributed by atoms with van der Waals surface area (Å²) >= 11 is 9.81. The van der Waals surface area contributed by atoms with Gasteiger partial charge >= 0.3 is 0 Å². The Balaban J connectivity index is 2.52. The Hall–Kier alpha value is -0.780. The second-order valence-electron chi connectivity index (χ2n) is 3.64. The van der Waals surface area contributed by atoms with Crippen LogP contribution < -0.4 is 0 Å². The van der Waals surface area contributed by atoms with E-state index in [1.807, 2.05) is 0 Å². The maximum absolute atomic E-state index is 13.6. The first-order chi connectivity index (χ1) is 8.40. The summed E-state index contributed by atoms with van der Waals surface area (Å²) < 4.78 is 28.0. The highest BCUT2D eigenvalue weighted by Gasteiger charge is 2.22. The first-order valence-electron chi connectivity index (χ1n) is 4.85. The molecule has 0 fully saturated rings. The van der Waals surface area contributed by atoms with Crippen LogP contribution in [0.3, 0.4) is 0 Å². The third-order valence-corrected chi connectivity index (χ3v) is 4.33. The van der Waals surface area contributed by atoms with Gasteiger partial charge in [-0.05, 0) is 30.7 Å². The normalized spacial score (nSPS) is 10.7. The Morgan fingerprint density at radius 3 is 2.28 bits per heavy atom. The van der Waals surface area contributed by atoms with Crippen molar-refractivity contribution in [3.8, 4) is 0 Å². The predicted octanol–water partition coefficient (Wildman–Crippen LogP) is 4.98. The highest BCUT2D eigenvalue weighted by molar-refractivity contribution is 9.10. The molecule has 0 N–H and O–H groups in total. The molecular formula is C12H6BrClF2OS. The summed E-state index contributed by atoms with van der Waals surface area (Å²) in [6, 6.07) is 3.63. The van der Waals surface area contributed by atoms with E-state index in [1.165, 1.54) is 6.07 Å². The molecule has 0 radical (unpaired) electrons.